The average Bonchev–Trinajstić information content (AvgIpc) is 2.98. The van der Waals surface area contributed by atoms with Crippen molar-refractivity contribution in [2.24, 2.45) is 0 Å². The van der Waals surface area contributed by atoms with E-state index in [0.717, 1.165) is 29.1 Å². The number of aromatic nitrogens is 2. The molecule has 0 saturated heterocycles. The van der Waals surface area contributed by atoms with Gasteiger partial charge in [0.2, 0.25) is 5.91 Å². The first-order chi connectivity index (χ1) is 19.7. The van der Waals surface area contributed by atoms with Crippen LogP contribution in [0.4, 0.5) is 14.5 Å². The predicted molar refractivity (Wildman–Crippen MR) is 154 cm³/mol. The predicted octanol–water partition coefficient (Wildman–Crippen LogP) is 5.43. The summed E-state index contributed by atoms with van der Waals surface area (Å²) in [5.41, 5.74) is 5.11. The summed E-state index contributed by atoms with van der Waals surface area (Å²) >= 11 is 0. The van der Waals surface area contributed by atoms with Crippen molar-refractivity contribution in [1.82, 2.24) is 19.8 Å². The van der Waals surface area contributed by atoms with E-state index in [0.29, 0.717) is 61.3 Å². The van der Waals surface area contributed by atoms with Gasteiger partial charge in [0.05, 0.1) is 28.1 Å². The topological polar surface area (TPSA) is 69.6 Å². The number of halogens is 2. The molecule has 0 bridgehead atoms. The maximum absolute atomic E-state index is 14.5. The number of benzene rings is 3. The maximum Gasteiger partial charge on any atom is 0.254 e. The Balaban J connectivity index is 1.54. The van der Waals surface area contributed by atoms with Gasteiger partial charge in [0.15, 0.2) is 11.6 Å². The second-order valence-corrected chi connectivity index (χ2v) is 10.5. The van der Waals surface area contributed by atoms with Gasteiger partial charge in [-0.15, -0.1) is 0 Å². The number of carbonyl (C=O) groups is 2. The van der Waals surface area contributed by atoms with Crippen LogP contribution in [0.25, 0.3) is 11.0 Å². The van der Waals surface area contributed by atoms with E-state index >= 15 is 0 Å². The Morgan fingerprint density at radius 2 is 1.54 bits per heavy atom. The highest BCUT2D eigenvalue weighted by Crippen LogP contribution is 2.28. The van der Waals surface area contributed by atoms with Crippen molar-refractivity contribution in [2.45, 2.75) is 40.3 Å². The molecule has 0 spiro atoms. The van der Waals surface area contributed by atoms with Crippen LogP contribution in [0.5, 0.6) is 0 Å². The molecule has 0 radical (unpaired) electrons. The third kappa shape index (κ3) is 6.41. The first-order valence-corrected chi connectivity index (χ1v) is 13.8. The summed E-state index contributed by atoms with van der Waals surface area (Å²) in [7, 11) is 0. The molecule has 5 rings (SSSR count). The number of anilines is 1. The van der Waals surface area contributed by atoms with E-state index in [1.165, 1.54) is 11.8 Å². The molecule has 0 fully saturated rings. The second-order valence-electron chi connectivity index (χ2n) is 10.5. The van der Waals surface area contributed by atoms with Gasteiger partial charge < -0.3 is 9.80 Å². The molecule has 4 aromatic rings. The molecular weight excluding hydrogens is 524 g/mol. The van der Waals surface area contributed by atoms with Crippen LogP contribution in [0.3, 0.4) is 0 Å². The fourth-order valence-electron chi connectivity index (χ4n) is 5.23. The molecule has 0 unspecified atom stereocenters. The quantitative estimate of drug-likeness (QED) is 0.336. The lowest BCUT2D eigenvalue weighted by Crippen LogP contribution is -2.38. The van der Waals surface area contributed by atoms with Crippen LogP contribution in [0.2, 0.25) is 0 Å². The summed E-state index contributed by atoms with van der Waals surface area (Å²) in [6.45, 7) is 7.76. The Bertz CT molecular complexity index is 1590. The molecule has 1 aliphatic rings. The molecule has 0 aliphatic carbocycles. The molecule has 2 amide bonds. The van der Waals surface area contributed by atoms with E-state index in [2.05, 4.69) is 27.0 Å². The summed E-state index contributed by atoms with van der Waals surface area (Å²) in [6, 6.07) is 17.4. The molecule has 212 valence electrons. The lowest BCUT2D eigenvalue weighted by Gasteiger charge is -2.28. The lowest BCUT2D eigenvalue weighted by atomic mass is 10.1. The first-order valence-electron chi connectivity index (χ1n) is 13.8. The van der Waals surface area contributed by atoms with E-state index in [1.807, 2.05) is 32.0 Å². The van der Waals surface area contributed by atoms with Crippen molar-refractivity contribution in [3.05, 3.63) is 100 Å². The minimum Gasteiger partial charge on any atom is -0.333 e. The fourth-order valence-corrected chi connectivity index (χ4v) is 5.23. The molecule has 7 nitrogen and oxygen atoms in total. The second kappa shape index (κ2) is 12.1. The normalized spacial score (nSPS) is 15.0. The maximum atomic E-state index is 14.5. The standard InChI is InChI=1S/C32H33F2N5O2/c1-21-22(2)36-30-17-25(10-11-29(30)35-21)32(41)38-15-14-37(19-24-8-5-4-6-9-24)12-7-13-39(23(3)40)31-18-28(34)27(33)16-26(31)20-38/h4-6,8-11,16-18H,7,12-15,19-20H2,1-3H3. The third-order valence-electron chi connectivity index (χ3n) is 7.55. The number of rotatable bonds is 3. The Morgan fingerprint density at radius 1 is 0.829 bits per heavy atom. The molecule has 0 saturated carbocycles. The van der Waals surface area contributed by atoms with E-state index in [1.54, 1.807) is 23.1 Å². The average molecular weight is 558 g/mol. The zero-order valence-electron chi connectivity index (χ0n) is 23.5. The molecule has 0 N–H and O–H groups in total. The minimum atomic E-state index is -1.03. The van der Waals surface area contributed by atoms with Crippen molar-refractivity contribution < 1.29 is 18.4 Å². The summed E-state index contributed by atoms with van der Waals surface area (Å²) in [5.74, 6) is -2.60. The molecule has 41 heavy (non-hydrogen) atoms. The zero-order chi connectivity index (χ0) is 29.1. The Labute approximate surface area is 238 Å². The molecule has 1 aliphatic heterocycles. The van der Waals surface area contributed by atoms with Gasteiger partial charge in [-0.3, -0.25) is 14.5 Å². The molecule has 2 heterocycles. The van der Waals surface area contributed by atoms with Crippen molar-refractivity contribution >= 4 is 28.5 Å². The van der Waals surface area contributed by atoms with E-state index in [4.69, 9.17) is 0 Å². The highest BCUT2D eigenvalue weighted by molar-refractivity contribution is 5.97. The number of aryl methyl sites for hydroxylation is 2. The number of hydrogen-bond donors (Lipinski definition) is 0. The highest BCUT2D eigenvalue weighted by atomic mass is 19.2. The molecule has 3 aromatic carbocycles. The summed E-state index contributed by atoms with van der Waals surface area (Å²) in [6.07, 6.45) is 0.626. The largest absolute Gasteiger partial charge is 0.333 e. The van der Waals surface area contributed by atoms with Crippen LogP contribution >= 0.6 is 0 Å². The van der Waals surface area contributed by atoms with Gasteiger partial charge in [0.1, 0.15) is 0 Å². The van der Waals surface area contributed by atoms with Crippen LogP contribution in [0, 0.1) is 25.5 Å². The van der Waals surface area contributed by atoms with Crippen molar-refractivity contribution in [3.8, 4) is 0 Å². The van der Waals surface area contributed by atoms with E-state index in [-0.39, 0.29) is 24.0 Å². The van der Waals surface area contributed by atoms with Crippen molar-refractivity contribution in [1.29, 1.82) is 0 Å². The van der Waals surface area contributed by atoms with Gasteiger partial charge in [0.25, 0.3) is 5.91 Å². The van der Waals surface area contributed by atoms with Gasteiger partial charge in [-0.2, -0.15) is 0 Å². The van der Waals surface area contributed by atoms with E-state index < -0.39 is 11.6 Å². The van der Waals surface area contributed by atoms with Gasteiger partial charge in [-0.25, -0.2) is 18.7 Å². The number of nitrogens with zero attached hydrogens (tertiary/aromatic N) is 5. The first kappa shape index (κ1) is 28.3. The van der Waals surface area contributed by atoms with Crippen LogP contribution < -0.4 is 4.90 Å². The Morgan fingerprint density at radius 3 is 2.27 bits per heavy atom. The number of hydrogen-bond acceptors (Lipinski definition) is 5. The van der Waals surface area contributed by atoms with Crippen LogP contribution in [0.1, 0.15) is 46.2 Å². The minimum absolute atomic E-state index is 0.00493. The van der Waals surface area contributed by atoms with Gasteiger partial charge >= 0.3 is 0 Å². The van der Waals surface area contributed by atoms with Crippen LogP contribution in [-0.2, 0) is 17.9 Å². The SMILES string of the molecule is CC(=O)N1CCCN(Cc2ccccc2)CCN(C(=O)c2ccc3nc(C)c(C)nc3c2)Cc2cc(F)c(F)cc21. The number of fused-ring (bicyclic) bond motifs is 2. The van der Waals surface area contributed by atoms with Crippen molar-refractivity contribution in [2.75, 3.05) is 31.1 Å². The molecular formula is C32H33F2N5O2. The van der Waals surface area contributed by atoms with Crippen LogP contribution in [-0.4, -0.2) is 57.8 Å². The van der Waals surface area contributed by atoms with Crippen LogP contribution in [0.15, 0.2) is 60.7 Å². The van der Waals surface area contributed by atoms with Gasteiger partial charge in [-0.05, 0) is 55.7 Å². The number of carbonyl (C=O) groups excluding carboxylic acids is 2. The summed E-state index contributed by atoms with van der Waals surface area (Å²) in [5, 5.41) is 0. The fraction of sp³-hybridized carbons (Fsp3) is 0.312. The Hall–Kier alpha value is -4.24. The van der Waals surface area contributed by atoms with Crippen molar-refractivity contribution in [3.63, 3.8) is 0 Å². The smallest absolute Gasteiger partial charge is 0.254 e. The molecule has 1 aromatic heterocycles. The van der Waals surface area contributed by atoms with E-state index in [9.17, 15) is 18.4 Å². The zero-order valence-corrected chi connectivity index (χ0v) is 23.5. The third-order valence-corrected chi connectivity index (χ3v) is 7.55. The Kier molecular flexibility index (Phi) is 8.35. The molecule has 0 atom stereocenters. The monoisotopic (exact) mass is 557 g/mol. The summed E-state index contributed by atoms with van der Waals surface area (Å²) in [4.78, 5) is 41.2. The molecule has 9 heteroatoms. The lowest BCUT2D eigenvalue weighted by molar-refractivity contribution is -0.116. The summed E-state index contributed by atoms with van der Waals surface area (Å²) < 4.78 is 29.0. The highest BCUT2D eigenvalue weighted by Gasteiger charge is 2.25. The van der Waals surface area contributed by atoms with Gasteiger partial charge in [-0.1, -0.05) is 30.3 Å². The number of amides is 2. The van der Waals surface area contributed by atoms with Gasteiger partial charge in [0, 0.05) is 57.8 Å².